The summed E-state index contributed by atoms with van der Waals surface area (Å²) in [6, 6.07) is 0. The van der Waals surface area contributed by atoms with E-state index in [1.54, 1.807) is 13.3 Å². The molecular weight excluding hydrogens is 258 g/mol. The molecule has 0 N–H and O–H groups in total. The van der Waals surface area contributed by atoms with E-state index >= 15 is 0 Å². The Hall–Kier alpha value is -0.940. The Kier molecular flexibility index (Phi) is 5.28. The third-order valence-corrected chi connectivity index (χ3v) is 2.42. The van der Waals surface area contributed by atoms with Gasteiger partial charge in [0.15, 0.2) is 0 Å². The van der Waals surface area contributed by atoms with Gasteiger partial charge >= 0.3 is 0 Å². The van der Waals surface area contributed by atoms with Crippen molar-refractivity contribution in [1.29, 1.82) is 0 Å². The minimum atomic E-state index is 0.657. The van der Waals surface area contributed by atoms with Crippen LogP contribution in [0.1, 0.15) is 0 Å². The Morgan fingerprint density at radius 3 is 3.07 bits per heavy atom. The molecule has 5 heteroatoms. The summed E-state index contributed by atoms with van der Waals surface area (Å²) in [5.41, 5.74) is 0. The first-order chi connectivity index (χ1) is 7.29. The highest BCUT2D eigenvalue weighted by Gasteiger charge is 2.09. The van der Waals surface area contributed by atoms with E-state index in [0.29, 0.717) is 6.61 Å². The fourth-order valence-electron chi connectivity index (χ4n) is 1.18. The van der Waals surface area contributed by atoms with Gasteiger partial charge in [-0.15, -0.1) is 6.58 Å². The first-order valence-electron chi connectivity index (χ1n) is 4.60. The van der Waals surface area contributed by atoms with E-state index < -0.39 is 0 Å². The molecule has 82 valence electrons. The Morgan fingerprint density at radius 2 is 2.47 bits per heavy atom. The minimum absolute atomic E-state index is 0.657. The van der Waals surface area contributed by atoms with Crippen molar-refractivity contribution in [2.45, 2.75) is 0 Å². The maximum Gasteiger partial charge on any atom is 0.146 e. The molecule has 0 saturated carbocycles. The smallest absolute Gasteiger partial charge is 0.146 e. The second-order valence-corrected chi connectivity index (χ2v) is 3.78. The largest absolute Gasteiger partial charge is 0.383 e. The Balaban J connectivity index is 2.78. The van der Waals surface area contributed by atoms with Crippen LogP contribution in [0, 0.1) is 0 Å². The molecule has 15 heavy (non-hydrogen) atoms. The van der Waals surface area contributed by atoms with Gasteiger partial charge in [0.2, 0.25) is 0 Å². The van der Waals surface area contributed by atoms with E-state index in [1.807, 2.05) is 6.08 Å². The van der Waals surface area contributed by atoms with Gasteiger partial charge in [-0.1, -0.05) is 6.08 Å². The van der Waals surface area contributed by atoms with Crippen molar-refractivity contribution in [2.24, 2.45) is 0 Å². The highest BCUT2D eigenvalue weighted by atomic mass is 79.9. The average molecular weight is 272 g/mol. The molecule has 0 aliphatic heterocycles. The lowest BCUT2D eigenvalue weighted by atomic mass is 10.4. The third kappa shape index (κ3) is 3.60. The van der Waals surface area contributed by atoms with Crippen molar-refractivity contribution in [2.75, 3.05) is 31.7 Å². The Labute approximate surface area is 98.1 Å². The molecule has 0 saturated heterocycles. The van der Waals surface area contributed by atoms with Crippen LogP contribution in [0.2, 0.25) is 0 Å². The topological polar surface area (TPSA) is 38.2 Å². The maximum atomic E-state index is 5.05. The van der Waals surface area contributed by atoms with Crippen LogP contribution in [0.15, 0.2) is 29.7 Å². The van der Waals surface area contributed by atoms with Crippen LogP contribution in [0.4, 0.5) is 5.82 Å². The van der Waals surface area contributed by atoms with Crippen LogP contribution in [0.3, 0.4) is 0 Å². The standard InChI is InChI=1S/C10H14BrN3O/c1-3-4-14(5-6-15-2)10-9(11)7-12-8-13-10/h3,7-8H,1,4-6H2,2H3. The lowest BCUT2D eigenvalue weighted by Crippen LogP contribution is -2.28. The number of ether oxygens (including phenoxy) is 1. The third-order valence-electron chi connectivity index (χ3n) is 1.86. The number of rotatable bonds is 6. The van der Waals surface area contributed by atoms with Gasteiger partial charge in [0.25, 0.3) is 0 Å². The van der Waals surface area contributed by atoms with Crippen LogP contribution in [0.5, 0.6) is 0 Å². The number of anilines is 1. The average Bonchev–Trinajstić information content (AvgIpc) is 2.25. The molecule has 1 heterocycles. The summed E-state index contributed by atoms with van der Waals surface area (Å²) in [4.78, 5) is 10.2. The quantitative estimate of drug-likeness (QED) is 0.741. The van der Waals surface area contributed by atoms with E-state index in [9.17, 15) is 0 Å². The number of hydrogen-bond donors (Lipinski definition) is 0. The normalized spacial score (nSPS) is 10.0. The van der Waals surface area contributed by atoms with Gasteiger partial charge in [-0.05, 0) is 15.9 Å². The maximum absolute atomic E-state index is 5.05. The molecule has 1 rings (SSSR count). The molecule has 0 bridgehead atoms. The second-order valence-electron chi connectivity index (χ2n) is 2.92. The lowest BCUT2D eigenvalue weighted by molar-refractivity contribution is 0.205. The van der Waals surface area contributed by atoms with Crippen LogP contribution >= 0.6 is 15.9 Å². The molecule has 0 atom stereocenters. The molecule has 0 unspecified atom stereocenters. The van der Waals surface area contributed by atoms with E-state index in [2.05, 4.69) is 37.4 Å². The molecule has 0 fully saturated rings. The molecule has 0 aliphatic carbocycles. The second kappa shape index (κ2) is 6.53. The lowest BCUT2D eigenvalue weighted by Gasteiger charge is -2.22. The molecule has 0 aromatic carbocycles. The van der Waals surface area contributed by atoms with Crippen molar-refractivity contribution >= 4 is 21.7 Å². The zero-order chi connectivity index (χ0) is 11.1. The number of methoxy groups -OCH3 is 1. The summed E-state index contributed by atoms with van der Waals surface area (Å²) in [5, 5.41) is 0. The monoisotopic (exact) mass is 271 g/mol. The fraction of sp³-hybridized carbons (Fsp3) is 0.400. The number of halogens is 1. The predicted molar refractivity (Wildman–Crippen MR) is 64.0 cm³/mol. The van der Waals surface area contributed by atoms with Crippen LogP contribution < -0.4 is 4.90 Å². The molecule has 0 aliphatic rings. The first-order valence-corrected chi connectivity index (χ1v) is 5.39. The fourth-order valence-corrected chi connectivity index (χ4v) is 1.65. The molecule has 1 aromatic rings. The van der Waals surface area contributed by atoms with Crippen LogP contribution in [0.25, 0.3) is 0 Å². The van der Waals surface area contributed by atoms with Gasteiger partial charge < -0.3 is 9.64 Å². The molecule has 0 radical (unpaired) electrons. The van der Waals surface area contributed by atoms with Crippen LogP contribution in [-0.4, -0.2) is 36.8 Å². The molecule has 4 nitrogen and oxygen atoms in total. The summed E-state index contributed by atoms with van der Waals surface area (Å²) >= 11 is 3.42. The van der Waals surface area contributed by atoms with Gasteiger partial charge in [0.1, 0.15) is 12.1 Å². The zero-order valence-electron chi connectivity index (χ0n) is 8.69. The van der Waals surface area contributed by atoms with E-state index in [0.717, 1.165) is 23.4 Å². The van der Waals surface area contributed by atoms with Gasteiger partial charge in [0, 0.05) is 26.4 Å². The van der Waals surface area contributed by atoms with E-state index in [-0.39, 0.29) is 0 Å². The summed E-state index contributed by atoms with van der Waals surface area (Å²) < 4.78 is 5.92. The van der Waals surface area contributed by atoms with Gasteiger partial charge in [-0.25, -0.2) is 9.97 Å². The van der Waals surface area contributed by atoms with E-state index in [1.165, 1.54) is 6.33 Å². The SMILES string of the molecule is C=CCN(CCOC)c1ncncc1Br. The number of nitrogens with zero attached hydrogens (tertiary/aromatic N) is 3. The van der Waals surface area contributed by atoms with Crippen LogP contribution in [-0.2, 0) is 4.74 Å². The number of aromatic nitrogens is 2. The summed E-state index contributed by atoms with van der Waals surface area (Å²) in [7, 11) is 1.68. The minimum Gasteiger partial charge on any atom is -0.383 e. The van der Waals surface area contributed by atoms with Gasteiger partial charge in [-0.3, -0.25) is 0 Å². The molecule has 0 spiro atoms. The summed E-state index contributed by atoms with van der Waals surface area (Å²) in [6.07, 6.45) is 5.10. The summed E-state index contributed by atoms with van der Waals surface area (Å²) in [5.74, 6) is 0.863. The van der Waals surface area contributed by atoms with Crippen molar-refractivity contribution in [3.63, 3.8) is 0 Å². The molecule has 1 aromatic heterocycles. The highest BCUT2D eigenvalue weighted by Crippen LogP contribution is 2.21. The van der Waals surface area contributed by atoms with Crippen molar-refractivity contribution in [1.82, 2.24) is 9.97 Å². The zero-order valence-corrected chi connectivity index (χ0v) is 10.3. The Bertz CT molecular complexity index is 319. The van der Waals surface area contributed by atoms with Crippen molar-refractivity contribution < 1.29 is 4.74 Å². The summed E-state index contributed by atoms with van der Waals surface area (Å²) in [6.45, 7) is 5.89. The molecule has 0 amide bonds. The van der Waals surface area contributed by atoms with Crippen molar-refractivity contribution in [3.8, 4) is 0 Å². The Morgan fingerprint density at radius 1 is 1.67 bits per heavy atom. The highest BCUT2D eigenvalue weighted by molar-refractivity contribution is 9.10. The molecular formula is C10H14BrN3O. The van der Waals surface area contributed by atoms with Crippen molar-refractivity contribution in [3.05, 3.63) is 29.7 Å². The van der Waals surface area contributed by atoms with Gasteiger partial charge in [0.05, 0.1) is 11.1 Å². The van der Waals surface area contributed by atoms with Gasteiger partial charge in [-0.2, -0.15) is 0 Å². The first kappa shape index (κ1) is 12.1. The van der Waals surface area contributed by atoms with E-state index in [4.69, 9.17) is 4.74 Å². The number of hydrogen-bond acceptors (Lipinski definition) is 4. The predicted octanol–water partition coefficient (Wildman–Crippen LogP) is 1.88.